The highest BCUT2D eigenvalue weighted by molar-refractivity contribution is 5.77. The van der Waals surface area contributed by atoms with Crippen LogP contribution in [0.5, 0.6) is 0 Å². The van der Waals surface area contributed by atoms with Crippen LogP contribution in [0.2, 0.25) is 0 Å². The molecule has 1 unspecified atom stereocenters. The van der Waals surface area contributed by atoms with Crippen molar-refractivity contribution in [2.45, 2.75) is 19.0 Å². The molecule has 0 bridgehead atoms. The number of carbonyl (C=O) groups is 1. The van der Waals surface area contributed by atoms with Crippen molar-refractivity contribution < 1.29 is 9.53 Å². The second-order valence-corrected chi connectivity index (χ2v) is 3.66. The van der Waals surface area contributed by atoms with Gasteiger partial charge in [0.2, 0.25) is 0 Å². The first-order valence-electron chi connectivity index (χ1n) is 5.19. The Morgan fingerprint density at radius 3 is 3.00 bits per heavy atom. The van der Waals surface area contributed by atoms with Gasteiger partial charge in [-0.2, -0.15) is 5.26 Å². The number of benzene rings is 1. The number of hydrogen-bond donors (Lipinski definition) is 1. The summed E-state index contributed by atoms with van der Waals surface area (Å²) in [6.45, 7) is 1.000. The maximum Gasteiger partial charge on any atom is 0.323 e. The highest BCUT2D eigenvalue weighted by Crippen LogP contribution is 2.10. The SMILES string of the molecule is N#Cc1ccccc1CNC1CCOC1=O. The molecule has 0 spiro atoms. The molecule has 1 aliphatic heterocycles. The van der Waals surface area contributed by atoms with Crippen LogP contribution in [0.25, 0.3) is 0 Å². The van der Waals surface area contributed by atoms with Gasteiger partial charge in [0.1, 0.15) is 6.04 Å². The quantitative estimate of drug-likeness (QED) is 0.764. The van der Waals surface area contributed by atoms with Gasteiger partial charge in [-0.15, -0.1) is 0 Å². The normalized spacial score (nSPS) is 19.2. The third-order valence-electron chi connectivity index (χ3n) is 2.61. The Morgan fingerprint density at radius 2 is 2.31 bits per heavy atom. The predicted octanol–water partition coefficient (Wildman–Crippen LogP) is 0.963. The highest BCUT2D eigenvalue weighted by atomic mass is 16.5. The number of ether oxygens (including phenoxy) is 1. The molecule has 2 rings (SSSR count). The maximum atomic E-state index is 11.2. The van der Waals surface area contributed by atoms with E-state index < -0.39 is 0 Å². The Kier molecular flexibility index (Phi) is 3.18. The largest absolute Gasteiger partial charge is 0.464 e. The zero-order valence-corrected chi connectivity index (χ0v) is 8.77. The zero-order valence-electron chi connectivity index (χ0n) is 8.77. The second kappa shape index (κ2) is 4.77. The van der Waals surface area contributed by atoms with Crippen molar-refractivity contribution in [2.24, 2.45) is 0 Å². The molecule has 0 saturated carbocycles. The first-order chi connectivity index (χ1) is 7.81. The minimum atomic E-state index is -0.230. The number of nitriles is 1. The first-order valence-corrected chi connectivity index (χ1v) is 5.19. The number of rotatable bonds is 3. The third kappa shape index (κ3) is 2.20. The number of hydrogen-bond acceptors (Lipinski definition) is 4. The van der Waals surface area contributed by atoms with Crippen LogP contribution in [0.1, 0.15) is 17.5 Å². The number of cyclic esters (lactones) is 1. The van der Waals surface area contributed by atoms with Crippen LogP contribution in [-0.4, -0.2) is 18.6 Å². The van der Waals surface area contributed by atoms with Gasteiger partial charge in [-0.05, 0) is 11.6 Å². The van der Waals surface area contributed by atoms with E-state index in [9.17, 15) is 4.79 Å². The van der Waals surface area contributed by atoms with Crippen molar-refractivity contribution >= 4 is 5.97 Å². The molecule has 1 aromatic rings. The van der Waals surface area contributed by atoms with Crippen LogP contribution in [0.3, 0.4) is 0 Å². The van der Waals surface area contributed by atoms with Gasteiger partial charge in [-0.25, -0.2) is 0 Å². The lowest BCUT2D eigenvalue weighted by atomic mass is 10.1. The van der Waals surface area contributed by atoms with E-state index in [-0.39, 0.29) is 12.0 Å². The molecule has 0 aliphatic carbocycles. The fourth-order valence-electron chi connectivity index (χ4n) is 1.70. The van der Waals surface area contributed by atoms with Crippen molar-refractivity contribution in [1.29, 1.82) is 5.26 Å². The molecule has 1 aromatic carbocycles. The number of nitrogens with zero attached hydrogens (tertiary/aromatic N) is 1. The van der Waals surface area contributed by atoms with E-state index in [1.54, 1.807) is 6.07 Å². The van der Waals surface area contributed by atoms with Crippen LogP contribution < -0.4 is 5.32 Å². The average molecular weight is 216 g/mol. The minimum absolute atomic E-state index is 0.200. The fraction of sp³-hybridized carbons (Fsp3) is 0.333. The summed E-state index contributed by atoms with van der Waals surface area (Å²) in [6.07, 6.45) is 0.702. The number of carbonyl (C=O) groups excluding carboxylic acids is 1. The Balaban J connectivity index is 1.99. The van der Waals surface area contributed by atoms with Crippen molar-refractivity contribution in [3.8, 4) is 6.07 Å². The van der Waals surface area contributed by atoms with Gasteiger partial charge in [0, 0.05) is 13.0 Å². The lowest BCUT2D eigenvalue weighted by Crippen LogP contribution is -2.32. The lowest BCUT2D eigenvalue weighted by molar-refractivity contribution is -0.139. The summed E-state index contributed by atoms with van der Waals surface area (Å²) < 4.78 is 4.84. The molecule has 1 saturated heterocycles. The van der Waals surface area contributed by atoms with Crippen LogP contribution in [0.4, 0.5) is 0 Å². The van der Waals surface area contributed by atoms with Crippen LogP contribution in [-0.2, 0) is 16.1 Å². The van der Waals surface area contributed by atoms with E-state index >= 15 is 0 Å². The molecule has 1 atom stereocenters. The Labute approximate surface area is 93.8 Å². The molecule has 4 heteroatoms. The first kappa shape index (κ1) is 10.7. The smallest absolute Gasteiger partial charge is 0.323 e. The molecule has 16 heavy (non-hydrogen) atoms. The predicted molar refractivity (Wildman–Crippen MR) is 57.4 cm³/mol. The van der Waals surface area contributed by atoms with Crippen LogP contribution in [0, 0.1) is 11.3 Å². The van der Waals surface area contributed by atoms with E-state index in [1.807, 2.05) is 18.2 Å². The standard InChI is InChI=1S/C12H12N2O2/c13-7-9-3-1-2-4-10(9)8-14-11-5-6-16-12(11)15/h1-4,11,14H,5-6,8H2. The van der Waals surface area contributed by atoms with Crippen LogP contribution >= 0.6 is 0 Å². The summed E-state index contributed by atoms with van der Waals surface area (Å²) in [5.41, 5.74) is 1.55. The molecule has 82 valence electrons. The summed E-state index contributed by atoms with van der Waals surface area (Å²) in [5, 5.41) is 12.0. The third-order valence-corrected chi connectivity index (χ3v) is 2.61. The molecule has 1 fully saturated rings. The van der Waals surface area contributed by atoms with E-state index in [4.69, 9.17) is 10.00 Å². The van der Waals surface area contributed by atoms with Crippen LogP contribution in [0.15, 0.2) is 24.3 Å². The van der Waals surface area contributed by atoms with Gasteiger partial charge < -0.3 is 10.1 Å². The summed E-state index contributed by atoms with van der Waals surface area (Å²) >= 11 is 0. The summed E-state index contributed by atoms with van der Waals surface area (Å²) in [5.74, 6) is -0.200. The topological polar surface area (TPSA) is 62.1 Å². The molecular weight excluding hydrogens is 204 g/mol. The molecule has 1 heterocycles. The van der Waals surface area contributed by atoms with E-state index in [0.29, 0.717) is 25.1 Å². The molecule has 0 aromatic heterocycles. The molecule has 0 radical (unpaired) electrons. The summed E-state index contributed by atoms with van der Waals surface area (Å²) in [6, 6.07) is 9.25. The minimum Gasteiger partial charge on any atom is -0.464 e. The van der Waals surface area contributed by atoms with Gasteiger partial charge >= 0.3 is 5.97 Å². The van der Waals surface area contributed by atoms with E-state index in [2.05, 4.69) is 11.4 Å². The van der Waals surface area contributed by atoms with Gasteiger partial charge in [0.05, 0.1) is 18.2 Å². The molecule has 1 N–H and O–H groups in total. The van der Waals surface area contributed by atoms with Crippen molar-refractivity contribution in [3.05, 3.63) is 35.4 Å². The van der Waals surface area contributed by atoms with Crippen molar-refractivity contribution in [1.82, 2.24) is 5.32 Å². The van der Waals surface area contributed by atoms with E-state index in [1.165, 1.54) is 0 Å². The fourth-order valence-corrected chi connectivity index (χ4v) is 1.70. The molecular formula is C12H12N2O2. The Morgan fingerprint density at radius 1 is 1.50 bits per heavy atom. The highest BCUT2D eigenvalue weighted by Gasteiger charge is 2.25. The van der Waals surface area contributed by atoms with Gasteiger partial charge in [-0.3, -0.25) is 4.79 Å². The van der Waals surface area contributed by atoms with Crippen molar-refractivity contribution in [2.75, 3.05) is 6.61 Å². The number of esters is 1. The average Bonchev–Trinajstić information content (AvgIpc) is 2.72. The lowest BCUT2D eigenvalue weighted by Gasteiger charge is -2.09. The maximum absolute atomic E-state index is 11.2. The zero-order chi connectivity index (χ0) is 11.4. The molecule has 0 amide bonds. The van der Waals surface area contributed by atoms with Gasteiger partial charge in [0.15, 0.2) is 0 Å². The van der Waals surface area contributed by atoms with E-state index in [0.717, 1.165) is 5.56 Å². The van der Waals surface area contributed by atoms with Gasteiger partial charge in [-0.1, -0.05) is 18.2 Å². The Bertz CT molecular complexity index is 437. The Hall–Kier alpha value is -1.86. The monoisotopic (exact) mass is 216 g/mol. The molecule has 4 nitrogen and oxygen atoms in total. The van der Waals surface area contributed by atoms with Crippen molar-refractivity contribution in [3.63, 3.8) is 0 Å². The van der Waals surface area contributed by atoms with Gasteiger partial charge in [0.25, 0.3) is 0 Å². The number of nitrogens with one attached hydrogen (secondary N) is 1. The molecule has 1 aliphatic rings. The second-order valence-electron chi connectivity index (χ2n) is 3.66. The summed E-state index contributed by atoms with van der Waals surface area (Å²) in [7, 11) is 0. The summed E-state index contributed by atoms with van der Waals surface area (Å²) in [4.78, 5) is 11.2.